The summed E-state index contributed by atoms with van der Waals surface area (Å²) in [5.74, 6) is -0.163. The van der Waals surface area contributed by atoms with Crippen molar-refractivity contribution in [3.63, 3.8) is 0 Å². The van der Waals surface area contributed by atoms with Crippen LogP contribution < -0.4 is 0 Å². The first-order valence-corrected chi connectivity index (χ1v) is 8.07. The van der Waals surface area contributed by atoms with Crippen LogP contribution in [0.3, 0.4) is 0 Å². The largest absolute Gasteiger partial charge is 0.478 e. The van der Waals surface area contributed by atoms with Gasteiger partial charge in [0.05, 0.1) is 17.2 Å². The lowest BCUT2D eigenvalue weighted by atomic mass is 10.0. The van der Waals surface area contributed by atoms with Gasteiger partial charge in [0, 0.05) is 17.6 Å². The lowest BCUT2D eigenvalue weighted by molar-refractivity contribution is 0.0697. The fraction of sp³-hybridized carbons (Fsp3) is 0.0952. The van der Waals surface area contributed by atoms with Gasteiger partial charge in [-0.25, -0.2) is 9.78 Å². The number of nitriles is 1. The molecular weight excluding hydrogens is 326 g/mol. The molecule has 0 spiro atoms. The van der Waals surface area contributed by atoms with Crippen LogP contribution in [0.2, 0.25) is 0 Å². The van der Waals surface area contributed by atoms with Gasteiger partial charge in [0.1, 0.15) is 5.82 Å². The summed E-state index contributed by atoms with van der Waals surface area (Å²) in [6.45, 7) is 3.97. The highest BCUT2D eigenvalue weighted by Gasteiger charge is 2.12. The predicted molar refractivity (Wildman–Crippen MR) is 99.9 cm³/mol. The van der Waals surface area contributed by atoms with Crippen molar-refractivity contribution >= 4 is 17.6 Å². The molecule has 1 N–H and O–H groups in total. The normalized spacial score (nSPS) is 11.2. The van der Waals surface area contributed by atoms with E-state index in [1.165, 1.54) is 12.1 Å². The minimum absolute atomic E-state index is 0.194. The van der Waals surface area contributed by atoms with Gasteiger partial charge in [-0.2, -0.15) is 5.26 Å². The first-order chi connectivity index (χ1) is 12.5. The maximum atomic E-state index is 11.0. The summed E-state index contributed by atoms with van der Waals surface area (Å²) in [5, 5.41) is 18.5. The van der Waals surface area contributed by atoms with E-state index in [2.05, 4.69) is 11.1 Å². The number of aromatic nitrogens is 2. The second-order valence-electron chi connectivity index (χ2n) is 5.90. The van der Waals surface area contributed by atoms with Gasteiger partial charge >= 0.3 is 5.97 Å². The quantitative estimate of drug-likeness (QED) is 0.718. The van der Waals surface area contributed by atoms with Crippen molar-refractivity contribution in [3.05, 3.63) is 82.8 Å². The number of benzene rings is 1. The third-order valence-electron chi connectivity index (χ3n) is 4.21. The van der Waals surface area contributed by atoms with E-state index in [1.54, 1.807) is 18.3 Å². The molecule has 0 unspecified atom stereocenters. The summed E-state index contributed by atoms with van der Waals surface area (Å²) in [5.41, 5.74) is 4.27. The molecule has 0 saturated carbocycles. The zero-order valence-corrected chi connectivity index (χ0v) is 14.5. The summed E-state index contributed by atoms with van der Waals surface area (Å²) in [6.07, 6.45) is 3.56. The average Bonchev–Trinajstić information content (AvgIpc) is 2.93. The maximum Gasteiger partial charge on any atom is 0.335 e. The Morgan fingerprint density at radius 1 is 1.15 bits per heavy atom. The van der Waals surface area contributed by atoms with E-state index in [4.69, 9.17) is 5.11 Å². The predicted octanol–water partition coefficient (Wildman–Crippen LogP) is 4.25. The van der Waals surface area contributed by atoms with Crippen LogP contribution in [-0.4, -0.2) is 20.6 Å². The molecule has 0 saturated heterocycles. The smallest absolute Gasteiger partial charge is 0.335 e. The Hall–Kier alpha value is -3.65. The molecule has 3 aromatic rings. The van der Waals surface area contributed by atoms with Crippen molar-refractivity contribution in [2.45, 2.75) is 13.8 Å². The summed E-state index contributed by atoms with van der Waals surface area (Å²) >= 11 is 0. The molecule has 0 aliphatic rings. The van der Waals surface area contributed by atoms with E-state index >= 15 is 0 Å². The molecule has 0 aliphatic heterocycles. The van der Waals surface area contributed by atoms with Gasteiger partial charge in [-0.1, -0.05) is 18.2 Å². The molecule has 0 bridgehead atoms. The summed E-state index contributed by atoms with van der Waals surface area (Å²) in [6, 6.07) is 16.2. The van der Waals surface area contributed by atoms with E-state index in [-0.39, 0.29) is 5.56 Å². The molecule has 0 amide bonds. The van der Waals surface area contributed by atoms with Crippen LogP contribution in [0.25, 0.3) is 17.5 Å². The lowest BCUT2D eigenvalue weighted by Crippen LogP contribution is -2.01. The molecule has 128 valence electrons. The molecule has 26 heavy (non-hydrogen) atoms. The molecule has 1 aromatic carbocycles. The molecule has 0 fully saturated rings. The van der Waals surface area contributed by atoms with Crippen molar-refractivity contribution in [2.75, 3.05) is 0 Å². The Morgan fingerprint density at radius 2 is 1.85 bits per heavy atom. The number of carboxylic acid groups (broad SMARTS) is 1. The lowest BCUT2D eigenvalue weighted by Gasteiger charge is -2.08. The maximum absolute atomic E-state index is 11.0. The van der Waals surface area contributed by atoms with Crippen molar-refractivity contribution in [1.82, 2.24) is 9.55 Å². The fourth-order valence-electron chi connectivity index (χ4n) is 2.90. The number of pyridine rings is 1. The van der Waals surface area contributed by atoms with E-state index in [0.29, 0.717) is 11.1 Å². The highest BCUT2D eigenvalue weighted by Crippen LogP contribution is 2.24. The van der Waals surface area contributed by atoms with Gasteiger partial charge in [0.25, 0.3) is 0 Å². The van der Waals surface area contributed by atoms with Gasteiger partial charge in [-0.3, -0.25) is 0 Å². The summed E-state index contributed by atoms with van der Waals surface area (Å²) in [7, 11) is 0. The Bertz CT molecular complexity index is 1020. The summed E-state index contributed by atoms with van der Waals surface area (Å²) < 4.78 is 2.04. The van der Waals surface area contributed by atoms with Crippen molar-refractivity contribution < 1.29 is 9.90 Å². The van der Waals surface area contributed by atoms with Gasteiger partial charge in [-0.05, 0) is 61.4 Å². The standard InChI is InChI=1S/C21H17N3O2/c1-14-11-18(15(2)24(14)20-5-3-4-10-23-20)12-19(13-22)16-6-8-17(9-7-16)21(25)26/h3-12H,1-2H3,(H,25,26)/b19-12+. The number of nitrogens with zero attached hydrogens (tertiary/aromatic N) is 3. The van der Waals surface area contributed by atoms with Crippen molar-refractivity contribution in [1.29, 1.82) is 5.26 Å². The molecule has 2 aromatic heterocycles. The van der Waals surface area contributed by atoms with E-state index in [9.17, 15) is 10.1 Å². The second kappa shape index (κ2) is 7.08. The first kappa shape index (κ1) is 17.2. The Morgan fingerprint density at radius 3 is 2.42 bits per heavy atom. The molecule has 5 heteroatoms. The van der Waals surface area contributed by atoms with Crippen LogP contribution in [-0.2, 0) is 0 Å². The van der Waals surface area contributed by atoms with Gasteiger partial charge < -0.3 is 9.67 Å². The Balaban J connectivity index is 2.03. The molecule has 0 aliphatic carbocycles. The molecule has 3 rings (SSSR count). The molecule has 0 atom stereocenters. The van der Waals surface area contributed by atoms with Gasteiger partial charge in [0.15, 0.2) is 0 Å². The van der Waals surface area contributed by atoms with Crippen LogP contribution in [0.1, 0.15) is 32.9 Å². The SMILES string of the molecule is Cc1cc(/C=C(\C#N)c2ccc(C(=O)O)cc2)c(C)n1-c1ccccn1. The molecule has 2 heterocycles. The molecular formula is C21H17N3O2. The van der Waals surface area contributed by atoms with Gasteiger partial charge in [-0.15, -0.1) is 0 Å². The third kappa shape index (κ3) is 3.26. The average molecular weight is 343 g/mol. The molecule has 5 nitrogen and oxygen atoms in total. The minimum atomic E-state index is -0.988. The van der Waals surface area contributed by atoms with Crippen LogP contribution in [0.15, 0.2) is 54.7 Å². The van der Waals surface area contributed by atoms with Crippen LogP contribution in [0.4, 0.5) is 0 Å². The Kier molecular flexibility index (Phi) is 4.68. The number of carbonyl (C=O) groups is 1. The number of hydrogen-bond acceptors (Lipinski definition) is 3. The number of aryl methyl sites for hydroxylation is 1. The highest BCUT2D eigenvalue weighted by molar-refractivity contribution is 5.92. The minimum Gasteiger partial charge on any atom is -0.478 e. The van der Waals surface area contributed by atoms with Crippen molar-refractivity contribution in [3.8, 4) is 11.9 Å². The first-order valence-electron chi connectivity index (χ1n) is 8.07. The highest BCUT2D eigenvalue weighted by atomic mass is 16.4. The fourth-order valence-corrected chi connectivity index (χ4v) is 2.90. The number of carboxylic acids is 1. The number of hydrogen-bond donors (Lipinski definition) is 1. The van der Waals surface area contributed by atoms with E-state index in [1.807, 2.05) is 48.8 Å². The monoisotopic (exact) mass is 343 g/mol. The van der Waals surface area contributed by atoms with Gasteiger partial charge in [0.2, 0.25) is 0 Å². The number of allylic oxidation sites excluding steroid dienone is 1. The molecule has 0 radical (unpaired) electrons. The number of rotatable bonds is 4. The van der Waals surface area contributed by atoms with Crippen molar-refractivity contribution in [2.24, 2.45) is 0 Å². The number of aromatic carboxylic acids is 1. The zero-order chi connectivity index (χ0) is 18.7. The Labute approximate surface area is 151 Å². The van der Waals surface area contributed by atoms with Crippen LogP contribution >= 0.6 is 0 Å². The van der Waals surface area contributed by atoms with Crippen LogP contribution in [0.5, 0.6) is 0 Å². The third-order valence-corrected chi connectivity index (χ3v) is 4.21. The summed E-state index contributed by atoms with van der Waals surface area (Å²) in [4.78, 5) is 15.4. The topological polar surface area (TPSA) is 78.9 Å². The van der Waals surface area contributed by atoms with E-state index in [0.717, 1.165) is 22.8 Å². The van der Waals surface area contributed by atoms with Crippen LogP contribution in [0, 0.1) is 25.2 Å². The zero-order valence-electron chi connectivity index (χ0n) is 14.5. The van der Waals surface area contributed by atoms with E-state index < -0.39 is 5.97 Å². The second-order valence-corrected chi connectivity index (χ2v) is 5.90.